The van der Waals surface area contributed by atoms with Crippen molar-refractivity contribution in [3.05, 3.63) is 0 Å². The highest BCUT2D eigenvalue weighted by molar-refractivity contribution is 5.77. The first-order valence-corrected chi connectivity index (χ1v) is 7.84. The molecule has 1 aliphatic rings. The van der Waals surface area contributed by atoms with Gasteiger partial charge in [-0.3, -0.25) is 9.69 Å². The zero-order chi connectivity index (χ0) is 14.1. The number of hydrogen-bond acceptors (Lipinski definition) is 3. The Labute approximate surface area is 118 Å². The normalized spacial score (nSPS) is 19.9. The van der Waals surface area contributed by atoms with Crippen molar-refractivity contribution < 1.29 is 4.79 Å². The second kappa shape index (κ2) is 9.32. The van der Waals surface area contributed by atoms with Crippen molar-refractivity contribution >= 4 is 5.91 Å². The molecule has 0 aromatic carbocycles. The summed E-state index contributed by atoms with van der Waals surface area (Å²) in [6.45, 7) is 10.9. The highest BCUT2D eigenvalue weighted by Crippen LogP contribution is 2.08. The Hall–Kier alpha value is -0.610. The lowest BCUT2D eigenvalue weighted by Crippen LogP contribution is -2.47. The van der Waals surface area contributed by atoms with Crippen LogP contribution in [0.25, 0.3) is 0 Å². The maximum Gasteiger partial charge on any atom is 0.234 e. The van der Waals surface area contributed by atoms with E-state index in [0.29, 0.717) is 18.5 Å². The third-order valence-corrected chi connectivity index (χ3v) is 3.51. The lowest BCUT2D eigenvalue weighted by molar-refractivity contribution is -0.122. The number of nitrogens with one attached hydrogen (secondary N) is 2. The summed E-state index contributed by atoms with van der Waals surface area (Å²) >= 11 is 0. The van der Waals surface area contributed by atoms with E-state index in [1.165, 1.54) is 19.3 Å². The molecule has 0 saturated carbocycles. The van der Waals surface area contributed by atoms with Crippen molar-refractivity contribution in [2.75, 3.05) is 32.7 Å². The van der Waals surface area contributed by atoms with Crippen LogP contribution in [-0.2, 0) is 4.79 Å². The Kier molecular flexibility index (Phi) is 8.07. The summed E-state index contributed by atoms with van der Waals surface area (Å²) in [6, 6.07) is 0.568. The van der Waals surface area contributed by atoms with E-state index in [1.807, 2.05) is 0 Å². The standard InChI is InChI=1S/C15H31N3O/c1-4-9-18(11-14-7-5-6-8-16-14)12-15(19)17-10-13(2)3/h13-14,16H,4-12H2,1-3H3,(H,17,19). The van der Waals surface area contributed by atoms with Gasteiger partial charge in [0.05, 0.1) is 6.54 Å². The molecule has 0 bridgehead atoms. The van der Waals surface area contributed by atoms with Gasteiger partial charge in [-0.05, 0) is 38.3 Å². The van der Waals surface area contributed by atoms with Crippen LogP contribution in [0.4, 0.5) is 0 Å². The molecule has 0 aromatic rings. The molecule has 1 unspecified atom stereocenters. The third kappa shape index (κ3) is 7.53. The van der Waals surface area contributed by atoms with E-state index in [4.69, 9.17) is 0 Å². The van der Waals surface area contributed by atoms with E-state index >= 15 is 0 Å². The SMILES string of the molecule is CCCN(CC(=O)NCC(C)C)CC1CCCCN1. The molecule has 1 rings (SSSR count). The van der Waals surface area contributed by atoms with Gasteiger partial charge in [0.25, 0.3) is 0 Å². The van der Waals surface area contributed by atoms with Gasteiger partial charge in [0, 0.05) is 19.1 Å². The van der Waals surface area contributed by atoms with Crippen molar-refractivity contribution in [3.63, 3.8) is 0 Å². The molecule has 0 aliphatic carbocycles. The van der Waals surface area contributed by atoms with E-state index in [0.717, 1.165) is 32.6 Å². The van der Waals surface area contributed by atoms with Gasteiger partial charge in [-0.25, -0.2) is 0 Å². The average molecular weight is 269 g/mol. The monoisotopic (exact) mass is 269 g/mol. The van der Waals surface area contributed by atoms with Crippen LogP contribution in [0.5, 0.6) is 0 Å². The van der Waals surface area contributed by atoms with E-state index in [-0.39, 0.29) is 5.91 Å². The number of nitrogens with zero attached hydrogens (tertiary/aromatic N) is 1. The zero-order valence-electron chi connectivity index (χ0n) is 12.9. The lowest BCUT2D eigenvalue weighted by Gasteiger charge is -2.30. The van der Waals surface area contributed by atoms with Crippen LogP contribution in [0.15, 0.2) is 0 Å². The van der Waals surface area contributed by atoms with Crippen molar-refractivity contribution in [1.29, 1.82) is 0 Å². The van der Waals surface area contributed by atoms with Gasteiger partial charge >= 0.3 is 0 Å². The smallest absolute Gasteiger partial charge is 0.234 e. The predicted molar refractivity (Wildman–Crippen MR) is 80.2 cm³/mol. The number of carbonyl (C=O) groups is 1. The summed E-state index contributed by atoms with van der Waals surface area (Å²) in [5.74, 6) is 0.682. The summed E-state index contributed by atoms with van der Waals surface area (Å²) in [5.41, 5.74) is 0. The summed E-state index contributed by atoms with van der Waals surface area (Å²) in [5, 5.41) is 6.57. The first kappa shape index (κ1) is 16.4. The molecule has 2 N–H and O–H groups in total. The van der Waals surface area contributed by atoms with Gasteiger partial charge in [0.15, 0.2) is 0 Å². The minimum absolute atomic E-state index is 0.165. The largest absolute Gasteiger partial charge is 0.355 e. The summed E-state index contributed by atoms with van der Waals surface area (Å²) in [6.07, 6.45) is 4.95. The average Bonchev–Trinajstić information content (AvgIpc) is 2.38. The van der Waals surface area contributed by atoms with Gasteiger partial charge < -0.3 is 10.6 Å². The molecule has 1 aliphatic heterocycles. The molecule has 0 radical (unpaired) electrons. The molecule has 1 saturated heterocycles. The van der Waals surface area contributed by atoms with Gasteiger partial charge in [-0.2, -0.15) is 0 Å². The van der Waals surface area contributed by atoms with Crippen LogP contribution in [0.1, 0.15) is 46.5 Å². The first-order valence-electron chi connectivity index (χ1n) is 7.84. The molecule has 1 heterocycles. The predicted octanol–water partition coefficient (Wildman–Crippen LogP) is 1.61. The fourth-order valence-corrected chi connectivity index (χ4v) is 2.52. The molecule has 0 spiro atoms. The maximum atomic E-state index is 11.9. The van der Waals surface area contributed by atoms with Crippen LogP contribution >= 0.6 is 0 Å². The molecule has 112 valence electrons. The van der Waals surface area contributed by atoms with Gasteiger partial charge in [-0.15, -0.1) is 0 Å². The van der Waals surface area contributed by atoms with Crippen LogP contribution in [0.2, 0.25) is 0 Å². The summed E-state index contributed by atoms with van der Waals surface area (Å²) < 4.78 is 0. The number of rotatable bonds is 8. The second-order valence-electron chi connectivity index (χ2n) is 6.08. The molecule has 19 heavy (non-hydrogen) atoms. The van der Waals surface area contributed by atoms with E-state index in [2.05, 4.69) is 36.3 Å². The van der Waals surface area contributed by atoms with E-state index < -0.39 is 0 Å². The Morgan fingerprint density at radius 2 is 2.21 bits per heavy atom. The number of amides is 1. The number of piperidine rings is 1. The fraction of sp³-hybridized carbons (Fsp3) is 0.933. The second-order valence-corrected chi connectivity index (χ2v) is 6.08. The van der Waals surface area contributed by atoms with Gasteiger partial charge in [0.1, 0.15) is 0 Å². The van der Waals surface area contributed by atoms with Gasteiger partial charge in [0.2, 0.25) is 5.91 Å². The molecule has 1 fully saturated rings. The van der Waals surface area contributed by atoms with Crippen molar-refractivity contribution in [3.8, 4) is 0 Å². The summed E-state index contributed by atoms with van der Waals surface area (Å²) in [4.78, 5) is 14.2. The minimum Gasteiger partial charge on any atom is -0.355 e. The minimum atomic E-state index is 0.165. The van der Waals surface area contributed by atoms with Crippen LogP contribution in [-0.4, -0.2) is 49.6 Å². The number of hydrogen-bond donors (Lipinski definition) is 2. The Bertz CT molecular complexity index is 250. The van der Waals surface area contributed by atoms with Crippen molar-refractivity contribution in [2.24, 2.45) is 5.92 Å². The summed E-state index contributed by atoms with van der Waals surface area (Å²) in [7, 11) is 0. The highest BCUT2D eigenvalue weighted by Gasteiger charge is 2.18. The number of carbonyl (C=O) groups excluding carboxylic acids is 1. The van der Waals surface area contributed by atoms with Crippen molar-refractivity contribution in [2.45, 2.75) is 52.5 Å². The maximum absolute atomic E-state index is 11.9. The zero-order valence-corrected chi connectivity index (χ0v) is 12.9. The van der Waals surface area contributed by atoms with E-state index in [9.17, 15) is 4.79 Å². The van der Waals surface area contributed by atoms with Crippen LogP contribution in [0.3, 0.4) is 0 Å². The quantitative estimate of drug-likeness (QED) is 0.704. The van der Waals surface area contributed by atoms with Crippen LogP contribution < -0.4 is 10.6 Å². The molecule has 1 atom stereocenters. The molecule has 4 nitrogen and oxygen atoms in total. The molecule has 1 amide bonds. The Balaban J connectivity index is 2.31. The molecule has 4 heteroatoms. The Morgan fingerprint density at radius 1 is 1.42 bits per heavy atom. The van der Waals surface area contributed by atoms with E-state index in [1.54, 1.807) is 0 Å². The topological polar surface area (TPSA) is 44.4 Å². The highest BCUT2D eigenvalue weighted by atomic mass is 16.2. The first-order chi connectivity index (χ1) is 9.11. The van der Waals surface area contributed by atoms with Gasteiger partial charge in [-0.1, -0.05) is 27.2 Å². The fourth-order valence-electron chi connectivity index (χ4n) is 2.52. The molecule has 0 aromatic heterocycles. The Morgan fingerprint density at radius 3 is 2.79 bits per heavy atom. The van der Waals surface area contributed by atoms with Crippen LogP contribution in [0, 0.1) is 5.92 Å². The third-order valence-electron chi connectivity index (χ3n) is 3.51. The molecular weight excluding hydrogens is 238 g/mol. The lowest BCUT2D eigenvalue weighted by atomic mass is 10.0. The molecular formula is C15H31N3O. The van der Waals surface area contributed by atoms with Crippen molar-refractivity contribution in [1.82, 2.24) is 15.5 Å².